The van der Waals surface area contributed by atoms with E-state index < -0.39 is 12.0 Å². The highest BCUT2D eigenvalue weighted by Gasteiger charge is 2.37. The van der Waals surface area contributed by atoms with Crippen LogP contribution in [0.2, 0.25) is 5.02 Å². The van der Waals surface area contributed by atoms with Crippen molar-refractivity contribution in [3.05, 3.63) is 41.4 Å². The number of halogens is 4. The molecule has 7 nitrogen and oxygen atoms in total. The average Bonchev–Trinajstić information content (AvgIpc) is 3.11. The standard InChI is InChI=1S/C17H16ClF3N6O/c18-12-9-22-6-3-13(12)28-10-11-4-7-26(8-5-11)15-2-1-14-23-24-16(17(19,20)21)27(14)25-15/h1-3,6,9,11H,4-5,7-8,10H2. The summed E-state index contributed by atoms with van der Waals surface area (Å²) in [7, 11) is 0. The molecule has 4 heterocycles. The van der Waals surface area contributed by atoms with Crippen LogP contribution in [0.3, 0.4) is 0 Å². The van der Waals surface area contributed by atoms with Crippen LogP contribution in [-0.4, -0.2) is 44.5 Å². The molecular weight excluding hydrogens is 397 g/mol. The van der Waals surface area contributed by atoms with E-state index in [9.17, 15) is 13.2 Å². The second kappa shape index (κ2) is 7.42. The van der Waals surface area contributed by atoms with Crippen molar-refractivity contribution in [1.29, 1.82) is 0 Å². The lowest BCUT2D eigenvalue weighted by Gasteiger charge is -2.32. The number of hydrogen-bond donors (Lipinski definition) is 0. The number of anilines is 1. The van der Waals surface area contributed by atoms with Gasteiger partial charge in [0.1, 0.15) is 16.6 Å². The number of nitrogens with zero attached hydrogens (tertiary/aromatic N) is 6. The number of ether oxygens (including phenoxy) is 1. The number of rotatable bonds is 4. The van der Waals surface area contributed by atoms with Crippen LogP contribution in [0.4, 0.5) is 19.0 Å². The summed E-state index contributed by atoms with van der Waals surface area (Å²) >= 11 is 6.03. The SMILES string of the molecule is FC(F)(F)c1nnc2ccc(N3CCC(COc4ccncc4Cl)CC3)nn12. The molecule has 3 aromatic heterocycles. The number of piperidine rings is 1. The van der Waals surface area contributed by atoms with Crippen LogP contribution in [0.25, 0.3) is 5.65 Å². The highest BCUT2D eigenvalue weighted by molar-refractivity contribution is 6.31. The first-order valence-electron chi connectivity index (χ1n) is 8.69. The van der Waals surface area contributed by atoms with Gasteiger partial charge in [-0.15, -0.1) is 15.3 Å². The van der Waals surface area contributed by atoms with Crippen LogP contribution in [-0.2, 0) is 6.18 Å². The summed E-state index contributed by atoms with van der Waals surface area (Å²) in [6.45, 7) is 1.86. The number of alkyl halides is 3. The van der Waals surface area contributed by atoms with Gasteiger partial charge in [-0.2, -0.15) is 17.7 Å². The predicted octanol–water partition coefficient (Wildman–Crippen LogP) is 3.49. The Bertz CT molecular complexity index is 971. The van der Waals surface area contributed by atoms with Gasteiger partial charge >= 0.3 is 6.18 Å². The Morgan fingerprint density at radius 2 is 1.93 bits per heavy atom. The fourth-order valence-corrected chi connectivity index (χ4v) is 3.31. The van der Waals surface area contributed by atoms with Crippen LogP contribution in [0, 0.1) is 5.92 Å². The molecule has 1 aliphatic heterocycles. The molecule has 0 aromatic carbocycles. The predicted molar refractivity (Wildman–Crippen MR) is 95.5 cm³/mol. The second-order valence-corrected chi connectivity index (χ2v) is 6.94. The number of fused-ring (bicyclic) bond motifs is 1. The van der Waals surface area contributed by atoms with Gasteiger partial charge in [-0.25, -0.2) is 0 Å². The van der Waals surface area contributed by atoms with Crippen LogP contribution in [0.15, 0.2) is 30.6 Å². The third kappa shape index (κ3) is 3.82. The lowest BCUT2D eigenvalue weighted by molar-refractivity contribution is -0.146. The zero-order chi connectivity index (χ0) is 19.7. The molecule has 0 aliphatic carbocycles. The summed E-state index contributed by atoms with van der Waals surface area (Å²) in [6.07, 6.45) is 0.199. The van der Waals surface area contributed by atoms with Gasteiger partial charge in [0, 0.05) is 31.5 Å². The maximum Gasteiger partial charge on any atom is 0.453 e. The third-order valence-corrected chi connectivity index (χ3v) is 4.93. The van der Waals surface area contributed by atoms with Gasteiger partial charge in [0.25, 0.3) is 5.82 Å². The van der Waals surface area contributed by atoms with Gasteiger partial charge in [-0.05, 0) is 30.9 Å². The number of pyridine rings is 1. The molecule has 0 atom stereocenters. The Kier molecular flexibility index (Phi) is 4.96. The van der Waals surface area contributed by atoms with E-state index in [4.69, 9.17) is 16.3 Å². The van der Waals surface area contributed by atoms with E-state index in [0.29, 0.717) is 42.2 Å². The lowest BCUT2D eigenvalue weighted by Crippen LogP contribution is -2.36. The average molecular weight is 413 g/mol. The highest BCUT2D eigenvalue weighted by atomic mass is 35.5. The topological polar surface area (TPSA) is 68.4 Å². The molecule has 11 heteroatoms. The first-order chi connectivity index (χ1) is 13.4. The Morgan fingerprint density at radius 3 is 2.64 bits per heavy atom. The van der Waals surface area contributed by atoms with Gasteiger partial charge in [-0.1, -0.05) is 11.6 Å². The zero-order valence-electron chi connectivity index (χ0n) is 14.6. The van der Waals surface area contributed by atoms with E-state index in [-0.39, 0.29) is 5.65 Å². The minimum Gasteiger partial charge on any atom is -0.492 e. The monoisotopic (exact) mass is 412 g/mol. The molecule has 0 bridgehead atoms. The maximum atomic E-state index is 13.0. The van der Waals surface area contributed by atoms with E-state index >= 15 is 0 Å². The third-order valence-electron chi connectivity index (χ3n) is 4.65. The van der Waals surface area contributed by atoms with E-state index in [1.165, 1.54) is 12.3 Å². The Labute approximate surface area is 163 Å². The Morgan fingerprint density at radius 1 is 1.14 bits per heavy atom. The first kappa shape index (κ1) is 18.7. The van der Waals surface area contributed by atoms with Crippen LogP contribution < -0.4 is 9.64 Å². The van der Waals surface area contributed by atoms with E-state index in [2.05, 4.69) is 20.3 Å². The molecule has 0 saturated carbocycles. The summed E-state index contributed by atoms with van der Waals surface area (Å²) < 4.78 is 45.6. The van der Waals surface area contributed by atoms with Crippen molar-refractivity contribution >= 4 is 23.1 Å². The molecule has 0 radical (unpaired) electrons. The zero-order valence-corrected chi connectivity index (χ0v) is 15.4. The summed E-state index contributed by atoms with van der Waals surface area (Å²) in [5.41, 5.74) is 0.0635. The van der Waals surface area contributed by atoms with Crippen molar-refractivity contribution in [2.24, 2.45) is 5.92 Å². The summed E-state index contributed by atoms with van der Waals surface area (Å²) in [5.74, 6) is 0.263. The molecule has 148 valence electrons. The minimum atomic E-state index is -4.61. The summed E-state index contributed by atoms with van der Waals surface area (Å²) in [6, 6.07) is 4.87. The Hall–Kier alpha value is -2.62. The van der Waals surface area contributed by atoms with Gasteiger partial charge in [-0.3, -0.25) is 4.98 Å². The molecule has 0 amide bonds. The van der Waals surface area contributed by atoms with E-state index in [0.717, 1.165) is 17.4 Å². The van der Waals surface area contributed by atoms with Crippen LogP contribution in [0.1, 0.15) is 18.7 Å². The van der Waals surface area contributed by atoms with E-state index in [1.54, 1.807) is 18.3 Å². The van der Waals surface area contributed by atoms with Crippen LogP contribution in [0.5, 0.6) is 5.75 Å². The van der Waals surface area contributed by atoms with Crippen molar-refractivity contribution in [2.75, 3.05) is 24.6 Å². The first-order valence-corrected chi connectivity index (χ1v) is 9.06. The molecule has 4 rings (SSSR count). The minimum absolute atomic E-state index is 0.0635. The number of aromatic nitrogens is 5. The molecule has 0 spiro atoms. The second-order valence-electron chi connectivity index (χ2n) is 6.53. The molecule has 1 aliphatic rings. The quantitative estimate of drug-likeness (QED) is 0.653. The van der Waals surface area contributed by atoms with Gasteiger partial charge in [0.05, 0.1) is 6.61 Å². The summed E-state index contributed by atoms with van der Waals surface area (Å²) in [4.78, 5) is 5.87. The van der Waals surface area contributed by atoms with E-state index in [1.807, 2.05) is 4.90 Å². The van der Waals surface area contributed by atoms with Gasteiger partial charge in [0.15, 0.2) is 5.65 Å². The smallest absolute Gasteiger partial charge is 0.453 e. The molecule has 1 fully saturated rings. The summed E-state index contributed by atoms with van der Waals surface area (Å²) in [5, 5.41) is 11.3. The highest BCUT2D eigenvalue weighted by Crippen LogP contribution is 2.29. The van der Waals surface area contributed by atoms with Gasteiger partial charge < -0.3 is 9.64 Å². The normalized spacial score (nSPS) is 15.9. The fraction of sp³-hybridized carbons (Fsp3) is 0.412. The molecular formula is C17H16ClF3N6O. The molecule has 0 unspecified atom stereocenters. The molecule has 28 heavy (non-hydrogen) atoms. The lowest BCUT2D eigenvalue weighted by atomic mass is 9.98. The van der Waals surface area contributed by atoms with Crippen molar-refractivity contribution in [3.8, 4) is 5.75 Å². The Balaban J connectivity index is 1.40. The fourth-order valence-electron chi connectivity index (χ4n) is 3.14. The van der Waals surface area contributed by atoms with Gasteiger partial charge in [0.2, 0.25) is 0 Å². The largest absolute Gasteiger partial charge is 0.492 e. The maximum absolute atomic E-state index is 13.0. The van der Waals surface area contributed by atoms with Crippen LogP contribution >= 0.6 is 11.6 Å². The van der Waals surface area contributed by atoms with Crippen molar-refractivity contribution < 1.29 is 17.9 Å². The number of hydrogen-bond acceptors (Lipinski definition) is 6. The van der Waals surface area contributed by atoms with Crippen molar-refractivity contribution in [2.45, 2.75) is 19.0 Å². The molecule has 0 N–H and O–H groups in total. The molecule has 3 aromatic rings. The van der Waals surface area contributed by atoms with Crippen molar-refractivity contribution in [1.82, 2.24) is 24.8 Å². The molecule has 1 saturated heterocycles. The van der Waals surface area contributed by atoms with Crippen molar-refractivity contribution in [3.63, 3.8) is 0 Å².